The lowest BCUT2D eigenvalue weighted by atomic mass is 9.96. The lowest BCUT2D eigenvalue weighted by molar-refractivity contribution is -0.133. The second-order valence-corrected chi connectivity index (χ2v) is 9.08. The third-order valence-electron chi connectivity index (χ3n) is 5.59. The van der Waals surface area contributed by atoms with Gasteiger partial charge in [-0.25, -0.2) is 0 Å². The van der Waals surface area contributed by atoms with E-state index in [0.717, 1.165) is 35.1 Å². The minimum Gasteiger partial charge on any atom is -0.296 e. The summed E-state index contributed by atoms with van der Waals surface area (Å²) < 4.78 is 5.93. The molecule has 0 aromatic carbocycles. The Morgan fingerprint density at radius 2 is 1.31 bits per heavy atom. The highest BCUT2D eigenvalue weighted by Gasteiger charge is 2.40. The lowest BCUT2D eigenvalue weighted by Gasteiger charge is -2.46. The molecule has 0 radical (unpaired) electrons. The Balaban J connectivity index is 1.27. The predicted molar refractivity (Wildman–Crippen MR) is 105 cm³/mol. The number of likely N-dealkylation sites (tertiary alicyclic amines) is 2. The predicted octanol–water partition coefficient (Wildman–Crippen LogP) is 2.36. The summed E-state index contributed by atoms with van der Waals surface area (Å²) in [6.07, 6.45) is 7.59. The van der Waals surface area contributed by atoms with Crippen LogP contribution < -0.4 is 0 Å². The van der Waals surface area contributed by atoms with Crippen LogP contribution in [-0.2, 0) is 4.79 Å². The van der Waals surface area contributed by atoms with E-state index in [9.17, 15) is 4.79 Å². The van der Waals surface area contributed by atoms with Crippen LogP contribution in [-0.4, -0.2) is 73.4 Å². The van der Waals surface area contributed by atoms with Crippen molar-refractivity contribution in [2.75, 3.05) is 26.2 Å². The van der Waals surface area contributed by atoms with Crippen molar-refractivity contribution in [2.45, 2.75) is 38.0 Å². The fraction of sp³-hybridized carbons (Fsp3) is 0.588. The van der Waals surface area contributed by atoms with Crippen LogP contribution in [0, 0.1) is 0 Å². The molecular weight excluding hydrogens is 464 g/mol. The molecule has 2 fully saturated rings. The number of carbonyl (C=O) groups is 1. The van der Waals surface area contributed by atoms with Crippen molar-refractivity contribution < 1.29 is 4.79 Å². The number of carbonyl (C=O) groups excluding carboxylic acids is 1. The summed E-state index contributed by atoms with van der Waals surface area (Å²) in [6.45, 7) is 7.54. The van der Waals surface area contributed by atoms with Gasteiger partial charge in [-0.15, -0.1) is 0 Å². The fourth-order valence-corrected chi connectivity index (χ4v) is 4.28. The van der Waals surface area contributed by atoms with Crippen LogP contribution in [0.3, 0.4) is 0 Å². The summed E-state index contributed by atoms with van der Waals surface area (Å²) in [4.78, 5) is 17.3. The van der Waals surface area contributed by atoms with Gasteiger partial charge in [0.1, 0.15) is 0 Å². The normalized spacial score (nSPS) is 22.0. The molecule has 0 saturated carbocycles. The maximum atomic E-state index is 12.9. The van der Waals surface area contributed by atoms with Gasteiger partial charge in [0.2, 0.25) is 0 Å². The number of halogens is 2. The van der Waals surface area contributed by atoms with Crippen molar-refractivity contribution >= 4 is 37.6 Å². The van der Waals surface area contributed by atoms with Gasteiger partial charge in [0.25, 0.3) is 0 Å². The zero-order valence-corrected chi connectivity index (χ0v) is 18.0. The second-order valence-electron chi connectivity index (χ2n) is 7.25. The Bertz CT molecular complexity index is 729. The molecule has 2 aliphatic heterocycles. The van der Waals surface area contributed by atoms with E-state index in [4.69, 9.17) is 0 Å². The molecule has 2 aromatic heterocycles. The van der Waals surface area contributed by atoms with Crippen LogP contribution in [0.2, 0.25) is 0 Å². The van der Waals surface area contributed by atoms with Crippen LogP contribution >= 0.6 is 31.9 Å². The van der Waals surface area contributed by atoms with Gasteiger partial charge >= 0.3 is 0 Å². The molecule has 4 rings (SSSR count). The number of aromatic nitrogens is 4. The van der Waals surface area contributed by atoms with Crippen molar-refractivity contribution in [3.05, 3.63) is 33.7 Å². The van der Waals surface area contributed by atoms with Crippen molar-refractivity contribution in [1.29, 1.82) is 0 Å². The Hall–Kier alpha value is -1.03. The Morgan fingerprint density at radius 1 is 0.923 bits per heavy atom. The molecule has 2 unspecified atom stereocenters. The smallest absolute Gasteiger partial charge is 0.166 e. The van der Waals surface area contributed by atoms with E-state index in [1.165, 1.54) is 0 Å². The highest BCUT2D eigenvalue weighted by molar-refractivity contribution is 9.10. The Morgan fingerprint density at radius 3 is 1.62 bits per heavy atom. The quantitative estimate of drug-likeness (QED) is 0.628. The molecule has 0 aliphatic carbocycles. The summed E-state index contributed by atoms with van der Waals surface area (Å²) in [5, 5.41) is 8.68. The van der Waals surface area contributed by atoms with Gasteiger partial charge < -0.3 is 0 Å². The zero-order chi connectivity index (χ0) is 18.4. The van der Waals surface area contributed by atoms with E-state index in [0.29, 0.717) is 17.9 Å². The molecule has 0 N–H and O–H groups in total. The van der Waals surface area contributed by atoms with Gasteiger partial charge in [-0.1, -0.05) is 0 Å². The number of rotatable bonds is 6. The molecule has 2 saturated heterocycles. The standard InChI is InChI=1S/C17H22Br2N6O/c1-11(22-7-15(8-22)24-5-13(18)3-20-24)17(26)12(2)23-9-16(10-23)25-6-14(19)4-21-25/h3-6,11-12,15-16H,7-10H2,1-2H3. The highest BCUT2D eigenvalue weighted by atomic mass is 79.9. The van der Waals surface area contributed by atoms with E-state index in [1.54, 1.807) is 12.4 Å². The number of Topliss-reactive ketones (excluding diaryl/α,β-unsaturated/α-hetero) is 1. The topological polar surface area (TPSA) is 59.2 Å². The second kappa shape index (κ2) is 7.18. The van der Waals surface area contributed by atoms with Crippen molar-refractivity contribution in [1.82, 2.24) is 29.4 Å². The van der Waals surface area contributed by atoms with Gasteiger partial charge in [0.05, 0.1) is 45.5 Å². The molecule has 0 bridgehead atoms. The third-order valence-corrected chi connectivity index (χ3v) is 6.41. The molecular formula is C17H22Br2N6O. The summed E-state index contributed by atoms with van der Waals surface area (Å²) in [6, 6.07) is 0.605. The van der Waals surface area contributed by atoms with Gasteiger partial charge in [-0.3, -0.25) is 24.0 Å². The van der Waals surface area contributed by atoms with E-state index >= 15 is 0 Å². The molecule has 2 atom stereocenters. The minimum absolute atomic E-state index is 0.0573. The molecule has 0 spiro atoms. The number of hydrogen-bond donors (Lipinski definition) is 0. The maximum Gasteiger partial charge on any atom is 0.166 e. The zero-order valence-electron chi connectivity index (χ0n) is 14.8. The van der Waals surface area contributed by atoms with Gasteiger partial charge in [0.15, 0.2) is 5.78 Å². The van der Waals surface area contributed by atoms with Crippen LogP contribution in [0.15, 0.2) is 33.7 Å². The van der Waals surface area contributed by atoms with E-state index in [-0.39, 0.29) is 12.1 Å². The van der Waals surface area contributed by atoms with Crippen LogP contribution in [0.1, 0.15) is 25.9 Å². The molecule has 2 aromatic rings. The highest BCUT2D eigenvalue weighted by Crippen LogP contribution is 2.28. The molecule has 140 valence electrons. The van der Waals surface area contributed by atoms with Gasteiger partial charge in [0, 0.05) is 38.6 Å². The van der Waals surface area contributed by atoms with Gasteiger partial charge in [-0.2, -0.15) is 10.2 Å². The number of nitrogens with zero attached hydrogens (tertiary/aromatic N) is 6. The largest absolute Gasteiger partial charge is 0.296 e. The first-order valence-corrected chi connectivity index (χ1v) is 10.4. The van der Waals surface area contributed by atoms with Gasteiger partial charge in [-0.05, 0) is 45.7 Å². The van der Waals surface area contributed by atoms with Crippen LogP contribution in [0.5, 0.6) is 0 Å². The van der Waals surface area contributed by atoms with E-state index in [2.05, 4.69) is 51.9 Å². The van der Waals surface area contributed by atoms with Crippen molar-refractivity contribution in [2.24, 2.45) is 0 Å². The van der Waals surface area contributed by atoms with Crippen molar-refractivity contribution in [3.8, 4) is 0 Å². The average Bonchev–Trinajstić information content (AvgIpc) is 3.12. The maximum absolute atomic E-state index is 12.9. The SMILES string of the molecule is CC(C(=O)C(C)N1CC(n2cc(Br)cn2)C1)N1CC(n2cc(Br)cn2)C1. The molecule has 9 heteroatoms. The molecule has 4 heterocycles. The van der Waals surface area contributed by atoms with Crippen LogP contribution in [0.4, 0.5) is 0 Å². The first kappa shape index (κ1) is 18.3. The Kier molecular flexibility index (Phi) is 5.06. The summed E-state index contributed by atoms with van der Waals surface area (Å²) in [7, 11) is 0. The molecule has 0 amide bonds. The summed E-state index contributed by atoms with van der Waals surface area (Å²) in [5.41, 5.74) is 0. The number of ketones is 1. The van der Waals surface area contributed by atoms with Crippen LogP contribution in [0.25, 0.3) is 0 Å². The first-order chi connectivity index (χ1) is 12.4. The Labute approximate surface area is 169 Å². The lowest BCUT2D eigenvalue weighted by Crippen LogP contribution is -2.60. The third kappa shape index (κ3) is 3.42. The van der Waals surface area contributed by atoms with Crippen molar-refractivity contribution in [3.63, 3.8) is 0 Å². The fourth-order valence-electron chi connectivity index (χ4n) is 3.68. The number of hydrogen-bond acceptors (Lipinski definition) is 5. The first-order valence-electron chi connectivity index (χ1n) is 8.83. The molecule has 26 heavy (non-hydrogen) atoms. The minimum atomic E-state index is -0.0573. The summed E-state index contributed by atoms with van der Waals surface area (Å²) >= 11 is 6.86. The monoisotopic (exact) mass is 484 g/mol. The summed E-state index contributed by atoms with van der Waals surface area (Å²) in [5.74, 6) is 0.296. The van der Waals surface area contributed by atoms with E-state index in [1.807, 2.05) is 35.6 Å². The molecule has 2 aliphatic rings. The average molecular weight is 486 g/mol. The van der Waals surface area contributed by atoms with E-state index < -0.39 is 0 Å². The molecule has 7 nitrogen and oxygen atoms in total.